The Balaban J connectivity index is 2.13. The topological polar surface area (TPSA) is 32.7 Å². The highest BCUT2D eigenvalue weighted by Gasteiger charge is 2.38. The summed E-state index contributed by atoms with van der Waals surface area (Å²) in [7, 11) is 0. The second-order valence-electron chi connectivity index (χ2n) is 5.77. The molecule has 1 aliphatic heterocycles. The van der Waals surface area contributed by atoms with Crippen molar-refractivity contribution in [2.45, 2.75) is 38.3 Å². The van der Waals surface area contributed by atoms with Crippen LogP contribution in [0.3, 0.4) is 0 Å². The molecule has 2 rings (SSSR count). The second kappa shape index (κ2) is 7.05. The summed E-state index contributed by atoms with van der Waals surface area (Å²) in [6.07, 6.45) is 0.678. The van der Waals surface area contributed by atoms with Crippen molar-refractivity contribution in [3.05, 3.63) is 34.6 Å². The van der Waals surface area contributed by atoms with Gasteiger partial charge < -0.3 is 9.84 Å². The smallest absolute Gasteiger partial charge is 0.124 e. The van der Waals surface area contributed by atoms with Crippen LogP contribution in [0.1, 0.15) is 25.8 Å². The third-order valence-electron chi connectivity index (χ3n) is 4.60. The zero-order chi connectivity index (χ0) is 15.5. The summed E-state index contributed by atoms with van der Waals surface area (Å²) in [6, 6.07) is 4.32. The van der Waals surface area contributed by atoms with Gasteiger partial charge in [0.1, 0.15) is 5.82 Å². The number of ether oxygens (including phenoxy) is 1. The van der Waals surface area contributed by atoms with Crippen LogP contribution in [-0.2, 0) is 11.2 Å². The number of halogens is 2. The third kappa shape index (κ3) is 3.75. The van der Waals surface area contributed by atoms with Gasteiger partial charge in [0.05, 0.1) is 19.3 Å². The molecule has 0 aromatic heterocycles. The van der Waals surface area contributed by atoms with Crippen LogP contribution >= 0.6 is 11.6 Å². The van der Waals surface area contributed by atoms with Crippen LogP contribution in [0.4, 0.5) is 4.39 Å². The lowest BCUT2D eigenvalue weighted by molar-refractivity contribution is -0.0714. The van der Waals surface area contributed by atoms with Crippen molar-refractivity contribution >= 4 is 11.6 Å². The molecule has 0 radical (unpaired) electrons. The number of hydrogen-bond acceptors (Lipinski definition) is 3. The molecule has 1 aromatic carbocycles. The highest BCUT2D eigenvalue weighted by molar-refractivity contribution is 6.31. The van der Waals surface area contributed by atoms with E-state index < -0.39 is 6.10 Å². The minimum atomic E-state index is -0.566. The van der Waals surface area contributed by atoms with Gasteiger partial charge in [0.15, 0.2) is 0 Å². The van der Waals surface area contributed by atoms with E-state index in [1.54, 1.807) is 6.07 Å². The second-order valence-corrected chi connectivity index (χ2v) is 6.17. The molecule has 3 nitrogen and oxygen atoms in total. The van der Waals surface area contributed by atoms with Crippen molar-refractivity contribution in [3.63, 3.8) is 0 Å². The highest BCUT2D eigenvalue weighted by atomic mass is 35.5. The summed E-state index contributed by atoms with van der Waals surface area (Å²) in [6.45, 7) is 7.17. The van der Waals surface area contributed by atoms with Gasteiger partial charge in [-0.05, 0) is 31.0 Å². The normalized spacial score (nSPS) is 21.0. The zero-order valence-corrected chi connectivity index (χ0v) is 13.4. The molecule has 2 unspecified atom stereocenters. The van der Waals surface area contributed by atoms with Crippen molar-refractivity contribution in [1.29, 1.82) is 0 Å². The van der Waals surface area contributed by atoms with E-state index in [1.165, 1.54) is 12.1 Å². The van der Waals surface area contributed by atoms with Crippen molar-refractivity contribution in [2.24, 2.45) is 0 Å². The Labute approximate surface area is 130 Å². The fourth-order valence-electron chi connectivity index (χ4n) is 2.86. The first-order chi connectivity index (χ1) is 9.97. The van der Waals surface area contributed by atoms with Crippen molar-refractivity contribution in [3.8, 4) is 0 Å². The van der Waals surface area contributed by atoms with E-state index in [2.05, 4.69) is 18.7 Å². The summed E-state index contributed by atoms with van der Waals surface area (Å²) in [5.74, 6) is -0.357. The molecular weight excluding hydrogens is 293 g/mol. The first kappa shape index (κ1) is 16.7. The third-order valence-corrected chi connectivity index (χ3v) is 4.95. The highest BCUT2D eigenvalue weighted by Crippen LogP contribution is 2.29. The molecule has 0 saturated carbocycles. The zero-order valence-electron chi connectivity index (χ0n) is 12.6. The van der Waals surface area contributed by atoms with Crippen LogP contribution in [-0.4, -0.2) is 48.0 Å². The fraction of sp³-hybridized carbons (Fsp3) is 0.625. The number of hydrogen-bond donors (Lipinski definition) is 1. The van der Waals surface area contributed by atoms with Gasteiger partial charge in [-0.15, -0.1) is 0 Å². The number of rotatable bonds is 5. The number of benzene rings is 1. The molecular formula is C16H23ClFNO2. The summed E-state index contributed by atoms with van der Waals surface area (Å²) in [5.41, 5.74) is 0.445. The van der Waals surface area contributed by atoms with Crippen molar-refractivity contribution in [2.75, 3.05) is 26.3 Å². The summed E-state index contributed by atoms with van der Waals surface area (Å²) >= 11 is 6.07. The molecule has 0 aliphatic carbocycles. The molecule has 1 aromatic rings. The molecule has 5 heteroatoms. The van der Waals surface area contributed by atoms with E-state index in [9.17, 15) is 9.50 Å². The summed E-state index contributed by atoms with van der Waals surface area (Å²) < 4.78 is 18.5. The van der Waals surface area contributed by atoms with Gasteiger partial charge in [0.2, 0.25) is 0 Å². The van der Waals surface area contributed by atoms with Crippen LogP contribution < -0.4 is 0 Å². The summed E-state index contributed by atoms with van der Waals surface area (Å²) in [5, 5.41) is 11.1. The molecule has 0 bridgehead atoms. The molecule has 0 spiro atoms. The molecule has 0 amide bonds. The molecule has 1 fully saturated rings. The Bertz CT molecular complexity index is 479. The molecule has 1 heterocycles. The Morgan fingerprint density at radius 3 is 2.67 bits per heavy atom. The molecule has 1 saturated heterocycles. The standard InChI is InChI=1S/C16H23ClFNO2/c1-3-16(2,19-6-8-21-9-7-19)15(20)10-12-4-5-13(18)11-14(12)17/h4-5,11,15,20H,3,6-10H2,1-2H3. The molecule has 21 heavy (non-hydrogen) atoms. The Kier molecular flexibility index (Phi) is 5.60. The molecule has 2 atom stereocenters. The van der Waals surface area contributed by atoms with E-state index in [0.717, 1.165) is 25.1 Å². The van der Waals surface area contributed by atoms with E-state index in [-0.39, 0.29) is 11.4 Å². The predicted molar refractivity (Wildman–Crippen MR) is 82.2 cm³/mol. The van der Waals surface area contributed by atoms with E-state index in [1.807, 2.05) is 0 Å². The van der Waals surface area contributed by atoms with Gasteiger partial charge in [0.25, 0.3) is 0 Å². The lowest BCUT2D eigenvalue weighted by Gasteiger charge is -2.46. The minimum Gasteiger partial charge on any atom is -0.391 e. The first-order valence-electron chi connectivity index (χ1n) is 7.42. The monoisotopic (exact) mass is 315 g/mol. The van der Waals surface area contributed by atoms with Crippen LogP contribution in [0, 0.1) is 5.82 Å². The van der Waals surface area contributed by atoms with Crippen LogP contribution in [0.2, 0.25) is 5.02 Å². The lowest BCUT2D eigenvalue weighted by Crippen LogP contribution is -2.58. The maximum Gasteiger partial charge on any atom is 0.124 e. The van der Waals surface area contributed by atoms with Crippen LogP contribution in [0.5, 0.6) is 0 Å². The van der Waals surface area contributed by atoms with Crippen molar-refractivity contribution in [1.82, 2.24) is 4.90 Å². The minimum absolute atomic E-state index is 0.332. The van der Waals surface area contributed by atoms with Crippen molar-refractivity contribution < 1.29 is 14.2 Å². The van der Waals surface area contributed by atoms with Gasteiger partial charge in [-0.25, -0.2) is 4.39 Å². The predicted octanol–water partition coefficient (Wildman–Crippen LogP) is 2.88. The maximum atomic E-state index is 13.1. The number of morpholine rings is 1. The Morgan fingerprint density at radius 1 is 1.43 bits per heavy atom. The van der Waals surface area contributed by atoms with E-state index in [4.69, 9.17) is 16.3 Å². The van der Waals surface area contributed by atoms with Gasteiger partial charge >= 0.3 is 0 Å². The van der Waals surface area contributed by atoms with Crippen LogP contribution in [0.25, 0.3) is 0 Å². The molecule has 1 aliphatic rings. The average Bonchev–Trinajstić information content (AvgIpc) is 2.50. The van der Waals surface area contributed by atoms with Gasteiger partial charge in [-0.2, -0.15) is 0 Å². The Morgan fingerprint density at radius 2 is 2.10 bits per heavy atom. The maximum absolute atomic E-state index is 13.1. The van der Waals surface area contributed by atoms with E-state index in [0.29, 0.717) is 24.7 Å². The fourth-order valence-corrected chi connectivity index (χ4v) is 3.10. The number of aliphatic hydroxyl groups is 1. The number of nitrogens with zero attached hydrogens (tertiary/aromatic N) is 1. The summed E-state index contributed by atoms with van der Waals surface area (Å²) in [4.78, 5) is 2.28. The average molecular weight is 316 g/mol. The number of aliphatic hydroxyl groups excluding tert-OH is 1. The first-order valence-corrected chi connectivity index (χ1v) is 7.80. The SMILES string of the molecule is CCC(C)(C(O)Cc1ccc(F)cc1Cl)N1CCOCC1. The quantitative estimate of drug-likeness (QED) is 0.907. The largest absolute Gasteiger partial charge is 0.391 e. The van der Waals surface area contributed by atoms with Gasteiger partial charge in [-0.1, -0.05) is 24.6 Å². The van der Waals surface area contributed by atoms with Gasteiger partial charge in [0, 0.05) is 30.1 Å². The van der Waals surface area contributed by atoms with E-state index >= 15 is 0 Å². The molecule has 118 valence electrons. The Hall–Kier alpha value is -0.680. The lowest BCUT2D eigenvalue weighted by atomic mass is 9.85. The molecule has 1 N–H and O–H groups in total. The van der Waals surface area contributed by atoms with Gasteiger partial charge in [-0.3, -0.25) is 4.90 Å². The van der Waals surface area contributed by atoms with Crippen LogP contribution in [0.15, 0.2) is 18.2 Å².